The Hall–Kier alpha value is -3.80. The Morgan fingerprint density at radius 3 is 2.12 bits per heavy atom. The molecule has 0 fully saturated rings. The van der Waals surface area contributed by atoms with Gasteiger partial charge in [-0.3, -0.25) is 4.68 Å². The minimum atomic E-state index is -4.42. The fourth-order valence-corrected chi connectivity index (χ4v) is 5.11. The van der Waals surface area contributed by atoms with Gasteiger partial charge >= 0.3 is 18.3 Å². The van der Waals surface area contributed by atoms with Crippen LogP contribution in [0.15, 0.2) is 72.9 Å². The second-order valence-electron chi connectivity index (χ2n) is 9.56. The van der Waals surface area contributed by atoms with Gasteiger partial charge in [0.1, 0.15) is 0 Å². The molecule has 41 heavy (non-hydrogen) atoms. The SMILES string of the molecule is Cn1cc2c3cc(C(=O)OCCC(Br)c4ccc(C(F)(F)F)cc4)ccc3n(Cc3ccc(C(F)(F)F)cc3)c2n1. The summed E-state index contributed by atoms with van der Waals surface area (Å²) in [4.78, 5) is 12.5. The number of rotatable bonds is 7. The third-order valence-electron chi connectivity index (χ3n) is 6.70. The molecule has 0 spiro atoms. The molecule has 0 radical (unpaired) electrons. The molecule has 0 aliphatic heterocycles. The molecule has 0 saturated carbocycles. The first-order chi connectivity index (χ1) is 19.3. The quantitative estimate of drug-likeness (QED) is 0.102. The van der Waals surface area contributed by atoms with E-state index in [1.165, 1.54) is 24.3 Å². The fourth-order valence-electron chi connectivity index (χ4n) is 4.62. The van der Waals surface area contributed by atoms with Crippen molar-refractivity contribution in [3.05, 3.63) is 101 Å². The number of nitrogens with zero attached hydrogens (tertiary/aromatic N) is 3. The van der Waals surface area contributed by atoms with Gasteiger partial charge in [-0.05, 0) is 60.0 Å². The zero-order valence-electron chi connectivity index (χ0n) is 21.4. The van der Waals surface area contributed by atoms with Crippen LogP contribution in [-0.2, 0) is 30.7 Å². The minimum absolute atomic E-state index is 0.0328. The van der Waals surface area contributed by atoms with E-state index >= 15 is 0 Å². The maximum absolute atomic E-state index is 13.0. The number of alkyl halides is 7. The Labute approximate surface area is 238 Å². The molecule has 0 aliphatic rings. The molecule has 0 bridgehead atoms. The van der Waals surface area contributed by atoms with Gasteiger partial charge in [-0.15, -0.1) is 0 Å². The highest BCUT2D eigenvalue weighted by molar-refractivity contribution is 9.09. The van der Waals surface area contributed by atoms with Crippen LogP contribution in [0.1, 0.15) is 43.9 Å². The van der Waals surface area contributed by atoms with Crippen LogP contribution in [-0.4, -0.2) is 26.9 Å². The van der Waals surface area contributed by atoms with E-state index in [0.717, 1.165) is 40.6 Å². The second-order valence-corrected chi connectivity index (χ2v) is 10.7. The van der Waals surface area contributed by atoms with Crippen LogP contribution in [0.25, 0.3) is 21.9 Å². The van der Waals surface area contributed by atoms with Crippen LogP contribution in [0.2, 0.25) is 0 Å². The predicted molar refractivity (Wildman–Crippen MR) is 145 cm³/mol. The van der Waals surface area contributed by atoms with Crippen LogP contribution >= 0.6 is 15.9 Å². The van der Waals surface area contributed by atoms with E-state index in [4.69, 9.17) is 4.74 Å². The maximum atomic E-state index is 13.0. The summed E-state index contributed by atoms with van der Waals surface area (Å²) in [6, 6.07) is 14.8. The third kappa shape index (κ3) is 6.12. The zero-order chi connectivity index (χ0) is 29.5. The van der Waals surface area contributed by atoms with Gasteiger partial charge in [0.15, 0.2) is 5.65 Å². The van der Waals surface area contributed by atoms with E-state index in [1.54, 1.807) is 36.1 Å². The molecule has 5 aromatic rings. The maximum Gasteiger partial charge on any atom is 0.416 e. The molecule has 0 aliphatic carbocycles. The second kappa shape index (κ2) is 10.9. The van der Waals surface area contributed by atoms with Gasteiger partial charge in [-0.2, -0.15) is 31.4 Å². The van der Waals surface area contributed by atoms with Crippen LogP contribution in [0, 0.1) is 0 Å². The summed E-state index contributed by atoms with van der Waals surface area (Å²) in [6.45, 7) is 0.306. The van der Waals surface area contributed by atoms with Gasteiger partial charge in [0, 0.05) is 35.4 Å². The number of hydrogen-bond acceptors (Lipinski definition) is 3. The molecule has 0 N–H and O–H groups in total. The molecule has 3 aromatic carbocycles. The lowest BCUT2D eigenvalue weighted by atomic mass is 10.1. The Balaban J connectivity index is 1.31. The molecule has 5 nitrogen and oxygen atoms in total. The molecular formula is C29H22BrF6N3O2. The van der Waals surface area contributed by atoms with Crippen LogP contribution < -0.4 is 0 Å². The monoisotopic (exact) mass is 637 g/mol. The number of ether oxygens (including phenoxy) is 1. The van der Waals surface area contributed by atoms with E-state index in [-0.39, 0.29) is 18.0 Å². The van der Waals surface area contributed by atoms with Gasteiger partial charge in [0.25, 0.3) is 0 Å². The highest BCUT2D eigenvalue weighted by atomic mass is 79.9. The highest BCUT2D eigenvalue weighted by Crippen LogP contribution is 2.34. The standard InChI is InChI=1S/C29H22BrF6N3O2/c1-38-16-23-22-14-19(27(40)41-13-12-24(30)18-4-9-21(10-5-18)29(34,35)36)6-11-25(22)39(26(23)37-38)15-17-2-7-20(8-3-17)28(31,32)33/h2-11,14,16,24H,12-13,15H2,1H3. The van der Waals surface area contributed by atoms with Gasteiger partial charge in [0.2, 0.25) is 0 Å². The average molecular weight is 638 g/mol. The number of hydrogen-bond donors (Lipinski definition) is 0. The fraction of sp³-hybridized carbons (Fsp3) is 0.241. The van der Waals surface area contributed by atoms with E-state index in [0.29, 0.717) is 28.8 Å². The minimum Gasteiger partial charge on any atom is -0.462 e. The van der Waals surface area contributed by atoms with Crippen molar-refractivity contribution in [2.75, 3.05) is 6.61 Å². The van der Waals surface area contributed by atoms with Gasteiger partial charge in [-0.25, -0.2) is 4.79 Å². The lowest BCUT2D eigenvalue weighted by Crippen LogP contribution is -2.08. The Morgan fingerprint density at radius 1 is 0.902 bits per heavy atom. The number of esters is 1. The summed E-state index contributed by atoms with van der Waals surface area (Å²) in [6.07, 6.45) is -6.69. The molecule has 2 heterocycles. The molecule has 5 rings (SSSR count). The van der Waals surface area contributed by atoms with E-state index in [2.05, 4.69) is 21.0 Å². The highest BCUT2D eigenvalue weighted by Gasteiger charge is 2.31. The van der Waals surface area contributed by atoms with Gasteiger partial charge < -0.3 is 9.30 Å². The summed E-state index contributed by atoms with van der Waals surface area (Å²) >= 11 is 3.43. The average Bonchev–Trinajstić information content (AvgIpc) is 3.43. The van der Waals surface area contributed by atoms with Crippen molar-refractivity contribution in [1.82, 2.24) is 14.3 Å². The van der Waals surface area contributed by atoms with Gasteiger partial charge in [-0.1, -0.05) is 40.2 Å². The van der Waals surface area contributed by atoms with Crippen LogP contribution in [0.4, 0.5) is 26.3 Å². The molecule has 1 atom stereocenters. The Morgan fingerprint density at radius 2 is 1.51 bits per heavy atom. The number of carbonyl (C=O) groups excluding carboxylic acids is 1. The Kier molecular flexibility index (Phi) is 7.62. The lowest BCUT2D eigenvalue weighted by Gasteiger charge is -2.13. The largest absolute Gasteiger partial charge is 0.462 e. The number of aromatic nitrogens is 3. The lowest BCUT2D eigenvalue weighted by molar-refractivity contribution is -0.138. The normalized spacial score (nSPS) is 13.2. The van der Waals surface area contributed by atoms with Crippen molar-refractivity contribution in [3.8, 4) is 0 Å². The molecule has 214 valence electrons. The van der Waals surface area contributed by atoms with Crippen molar-refractivity contribution in [2.24, 2.45) is 7.05 Å². The number of benzene rings is 3. The van der Waals surface area contributed by atoms with E-state index in [1.807, 2.05) is 4.57 Å². The summed E-state index contributed by atoms with van der Waals surface area (Å²) in [5.41, 5.74) is 1.49. The molecule has 0 amide bonds. The predicted octanol–water partition coefficient (Wildman–Crippen LogP) is 8.30. The molecule has 2 aromatic heterocycles. The number of halogens is 7. The van der Waals surface area contributed by atoms with Crippen molar-refractivity contribution < 1.29 is 35.9 Å². The van der Waals surface area contributed by atoms with Gasteiger partial charge in [0.05, 0.1) is 28.8 Å². The third-order valence-corrected chi connectivity index (χ3v) is 7.69. The van der Waals surface area contributed by atoms with E-state index < -0.39 is 29.4 Å². The summed E-state index contributed by atoms with van der Waals surface area (Å²) in [5, 5.41) is 6.01. The smallest absolute Gasteiger partial charge is 0.416 e. The Bertz CT molecular complexity index is 1700. The first-order valence-corrected chi connectivity index (χ1v) is 13.3. The zero-order valence-corrected chi connectivity index (χ0v) is 23.0. The summed E-state index contributed by atoms with van der Waals surface area (Å²) < 4.78 is 86.2. The first kappa shape index (κ1) is 28.7. The number of aryl methyl sites for hydroxylation is 1. The summed E-state index contributed by atoms with van der Waals surface area (Å²) in [5.74, 6) is -0.563. The molecule has 0 saturated heterocycles. The topological polar surface area (TPSA) is 49.0 Å². The number of carbonyl (C=O) groups is 1. The van der Waals surface area contributed by atoms with Crippen molar-refractivity contribution in [2.45, 2.75) is 30.1 Å². The van der Waals surface area contributed by atoms with Crippen LogP contribution in [0.5, 0.6) is 0 Å². The molecule has 12 heteroatoms. The molecule has 1 unspecified atom stereocenters. The summed E-state index contributed by atoms with van der Waals surface area (Å²) in [7, 11) is 1.75. The van der Waals surface area contributed by atoms with Crippen molar-refractivity contribution in [1.29, 1.82) is 0 Å². The first-order valence-electron chi connectivity index (χ1n) is 12.4. The molecular weight excluding hydrogens is 616 g/mol. The van der Waals surface area contributed by atoms with Crippen molar-refractivity contribution in [3.63, 3.8) is 0 Å². The number of fused-ring (bicyclic) bond motifs is 3. The van der Waals surface area contributed by atoms with Crippen molar-refractivity contribution >= 4 is 43.8 Å². The van der Waals surface area contributed by atoms with Crippen LogP contribution in [0.3, 0.4) is 0 Å². The van der Waals surface area contributed by atoms with E-state index in [9.17, 15) is 31.1 Å².